The number of alkyl halides is 3. The van der Waals surface area contributed by atoms with Crippen molar-refractivity contribution in [1.29, 1.82) is 0 Å². The number of aryl methyl sites for hydroxylation is 1. The number of sulfonamides is 1. The van der Waals surface area contributed by atoms with E-state index in [0.29, 0.717) is 11.3 Å². The van der Waals surface area contributed by atoms with Gasteiger partial charge in [0.1, 0.15) is 0 Å². The van der Waals surface area contributed by atoms with E-state index in [2.05, 4.69) is 20.3 Å². The number of anilines is 2. The van der Waals surface area contributed by atoms with Gasteiger partial charge in [-0.05, 0) is 56.7 Å². The zero-order valence-electron chi connectivity index (χ0n) is 20.0. The minimum absolute atomic E-state index is 0.0113. The molecule has 1 aliphatic heterocycles. The lowest BCUT2D eigenvalue weighted by molar-refractivity contribution is -0.192. The predicted molar refractivity (Wildman–Crippen MR) is 130 cm³/mol. The Labute approximate surface area is 207 Å². The van der Waals surface area contributed by atoms with E-state index < -0.39 is 22.2 Å². The number of hydrogen-bond acceptors (Lipinski definition) is 6. The van der Waals surface area contributed by atoms with Gasteiger partial charge in [-0.25, -0.2) is 13.2 Å². The first-order valence-corrected chi connectivity index (χ1v) is 12.5. The maximum atomic E-state index is 13.0. The van der Waals surface area contributed by atoms with E-state index in [-0.39, 0.29) is 16.8 Å². The molecule has 2 aromatic rings. The Hall–Kier alpha value is -3.32. The second-order valence-electron chi connectivity index (χ2n) is 8.32. The first-order chi connectivity index (χ1) is 16.7. The summed E-state index contributed by atoms with van der Waals surface area (Å²) in [4.78, 5) is 23.7. The molecule has 198 valence electrons. The highest BCUT2D eigenvalue weighted by atomic mass is 32.2. The van der Waals surface area contributed by atoms with Crippen molar-refractivity contribution in [2.75, 3.05) is 35.8 Å². The molecule has 36 heavy (non-hydrogen) atoms. The first kappa shape index (κ1) is 28.9. The molecule has 3 rings (SSSR count). The van der Waals surface area contributed by atoms with Crippen LogP contribution in [-0.2, 0) is 14.8 Å². The second kappa shape index (κ2) is 12.1. The summed E-state index contributed by atoms with van der Waals surface area (Å²) in [7, 11) is -3.79. The number of piperazine rings is 1. The molecule has 0 spiro atoms. The molecule has 0 aliphatic carbocycles. The standard InChI is InChI=1S/C21H28N4O3S.C2HF3O2/c1-15(2)23-21(26)17-7-8-20(25-11-9-22-10-12-25)19(14-17)24-29(27,28)18-6-4-5-16(3)13-18;3-2(4,5)1(6)7/h4-8,13-15,22,24H,9-12H2,1-3H3,(H,23,26);(H,6,7). The smallest absolute Gasteiger partial charge is 0.475 e. The molecule has 0 bridgehead atoms. The molecule has 0 unspecified atom stereocenters. The number of carboxylic acid groups (broad SMARTS) is 1. The Morgan fingerprint density at radius 1 is 1.08 bits per heavy atom. The van der Waals surface area contributed by atoms with E-state index in [1.807, 2.05) is 32.9 Å². The van der Waals surface area contributed by atoms with Gasteiger partial charge in [0, 0.05) is 37.8 Å². The third-order valence-corrected chi connectivity index (χ3v) is 6.29. The SMILES string of the molecule is Cc1cccc(S(=O)(=O)Nc2cc(C(=O)NC(C)C)ccc2N2CCNCC2)c1.O=C(O)C(F)(F)F. The van der Waals surface area contributed by atoms with Gasteiger partial charge in [-0.3, -0.25) is 9.52 Å². The topological polar surface area (TPSA) is 128 Å². The maximum absolute atomic E-state index is 13.0. The molecule has 0 aromatic heterocycles. The molecule has 1 fully saturated rings. The summed E-state index contributed by atoms with van der Waals surface area (Å²) >= 11 is 0. The summed E-state index contributed by atoms with van der Waals surface area (Å²) < 4.78 is 60.5. The number of amides is 1. The average molecular weight is 531 g/mol. The van der Waals surface area contributed by atoms with Crippen LogP contribution in [0.4, 0.5) is 24.5 Å². The van der Waals surface area contributed by atoms with Crippen molar-refractivity contribution >= 4 is 33.3 Å². The fraction of sp³-hybridized carbons (Fsp3) is 0.391. The Morgan fingerprint density at radius 3 is 2.22 bits per heavy atom. The van der Waals surface area contributed by atoms with Crippen molar-refractivity contribution in [2.45, 2.75) is 37.9 Å². The summed E-state index contributed by atoms with van der Waals surface area (Å²) in [6.07, 6.45) is -5.08. The number of benzene rings is 2. The Morgan fingerprint density at radius 2 is 1.69 bits per heavy atom. The molecule has 4 N–H and O–H groups in total. The van der Waals surface area contributed by atoms with Crippen LogP contribution in [0, 0.1) is 6.92 Å². The summed E-state index contributed by atoms with van der Waals surface area (Å²) in [5, 5.41) is 13.3. The monoisotopic (exact) mass is 530 g/mol. The molecule has 1 aliphatic rings. The summed E-state index contributed by atoms with van der Waals surface area (Å²) in [5.74, 6) is -2.99. The van der Waals surface area contributed by atoms with E-state index in [1.165, 1.54) is 0 Å². The van der Waals surface area contributed by atoms with Gasteiger partial charge >= 0.3 is 12.1 Å². The molecule has 9 nitrogen and oxygen atoms in total. The van der Waals surface area contributed by atoms with Crippen LogP contribution in [0.1, 0.15) is 29.8 Å². The van der Waals surface area contributed by atoms with Gasteiger partial charge in [0.05, 0.1) is 16.3 Å². The number of nitrogens with one attached hydrogen (secondary N) is 3. The predicted octanol–water partition coefficient (Wildman–Crippen LogP) is 2.98. The molecular weight excluding hydrogens is 501 g/mol. The van der Waals surface area contributed by atoms with E-state index in [9.17, 15) is 26.4 Å². The summed E-state index contributed by atoms with van der Waals surface area (Å²) in [5.41, 5.74) is 2.45. The number of carbonyl (C=O) groups is 2. The van der Waals surface area contributed by atoms with Crippen LogP contribution in [0.3, 0.4) is 0 Å². The van der Waals surface area contributed by atoms with Crippen LogP contribution in [0.2, 0.25) is 0 Å². The largest absolute Gasteiger partial charge is 0.490 e. The van der Waals surface area contributed by atoms with Crippen molar-refractivity contribution in [3.8, 4) is 0 Å². The maximum Gasteiger partial charge on any atom is 0.490 e. The van der Waals surface area contributed by atoms with Crippen LogP contribution in [0.5, 0.6) is 0 Å². The highest BCUT2D eigenvalue weighted by molar-refractivity contribution is 7.92. The lowest BCUT2D eigenvalue weighted by Crippen LogP contribution is -2.43. The molecular formula is C23H29F3N4O5S. The van der Waals surface area contributed by atoms with Crippen LogP contribution >= 0.6 is 0 Å². The fourth-order valence-electron chi connectivity index (χ4n) is 3.27. The van der Waals surface area contributed by atoms with Gasteiger partial charge in [-0.15, -0.1) is 0 Å². The molecule has 13 heteroatoms. The number of carboxylic acids is 1. The zero-order valence-corrected chi connectivity index (χ0v) is 20.8. The minimum Gasteiger partial charge on any atom is -0.475 e. The van der Waals surface area contributed by atoms with Gasteiger partial charge < -0.3 is 20.6 Å². The minimum atomic E-state index is -5.08. The Balaban J connectivity index is 0.000000572. The lowest BCUT2D eigenvalue weighted by Gasteiger charge is -2.31. The lowest BCUT2D eigenvalue weighted by atomic mass is 10.1. The molecule has 0 atom stereocenters. The van der Waals surface area contributed by atoms with Crippen molar-refractivity contribution in [3.05, 3.63) is 53.6 Å². The average Bonchev–Trinajstić information content (AvgIpc) is 2.79. The molecule has 0 radical (unpaired) electrons. The quantitative estimate of drug-likeness (QED) is 0.452. The van der Waals surface area contributed by atoms with Crippen LogP contribution in [0.25, 0.3) is 0 Å². The number of halogens is 3. The van der Waals surface area contributed by atoms with Crippen molar-refractivity contribution < 1.29 is 36.3 Å². The Bertz CT molecular complexity index is 1180. The normalized spacial score (nSPS) is 14.0. The molecule has 1 heterocycles. The third kappa shape index (κ3) is 8.41. The van der Waals surface area contributed by atoms with E-state index in [4.69, 9.17) is 9.90 Å². The van der Waals surface area contributed by atoms with Crippen molar-refractivity contribution in [2.24, 2.45) is 0 Å². The van der Waals surface area contributed by atoms with Gasteiger partial charge in [0.15, 0.2) is 0 Å². The summed E-state index contributed by atoms with van der Waals surface area (Å²) in [6, 6.07) is 11.9. The van der Waals surface area contributed by atoms with Crippen molar-refractivity contribution in [1.82, 2.24) is 10.6 Å². The zero-order chi connectivity index (χ0) is 27.1. The number of rotatable bonds is 6. The van der Waals surface area contributed by atoms with E-state index in [0.717, 1.165) is 37.4 Å². The van der Waals surface area contributed by atoms with Crippen LogP contribution < -0.4 is 20.3 Å². The van der Waals surface area contributed by atoms with Gasteiger partial charge in [0.25, 0.3) is 15.9 Å². The third-order valence-electron chi connectivity index (χ3n) is 4.92. The number of nitrogens with zero attached hydrogens (tertiary/aromatic N) is 1. The molecule has 0 saturated carbocycles. The van der Waals surface area contributed by atoms with E-state index in [1.54, 1.807) is 30.3 Å². The van der Waals surface area contributed by atoms with Gasteiger partial charge in [-0.1, -0.05) is 12.1 Å². The summed E-state index contributed by atoms with van der Waals surface area (Å²) in [6.45, 7) is 8.78. The molecule has 1 amide bonds. The number of hydrogen-bond donors (Lipinski definition) is 4. The van der Waals surface area contributed by atoms with Crippen molar-refractivity contribution in [3.63, 3.8) is 0 Å². The van der Waals surface area contributed by atoms with Crippen LogP contribution in [0.15, 0.2) is 47.4 Å². The van der Waals surface area contributed by atoms with E-state index >= 15 is 0 Å². The molecule has 1 saturated heterocycles. The highest BCUT2D eigenvalue weighted by Crippen LogP contribution is 2.30. The Kier molecular flexibility index (Phi) is 9.70. The number of carbonyl (C=O) groups excluding carboxylic acids is 1. The van der Waals surface area contributed by atoms with Gasteiger partial charge in [0.2, 0.25) is 0 Å². The fourth-order valence-corrected chi connectivity index (χ4v) is 4.44. The van der Waals surface area contributed by atoms with Crippen LogP contribution in [-0.4, -0.2) is 63.8 Å². The van der Waals surface area contributed by atoms with Gasteiger partial charge in [-0.2, -0.15) is 13.2 Å². The number of aliphatic carboxylic acids is 1. The molecule has 2 aromatic carbocycles. The highest BCUT2D eigenvalue weighted by Gasteiger charge is 2.38. The first-order valence-electron chi connectivity index (χ1n) is 11.0. The second-order valence-corrected chi connectivity index (χ2v) is 10.0.